The van der Waals surface area contributed by atoms with Crippen LogP contribution in [0.4, 0.5) is 8.78 Å². The number of carbonyl (C=O) groups is 2. The fourth-order valence-corrected chi connectivity index (χ4v) is 1.18. The molecule has 0 saturated heterocycles. The van der Waals surface area contributed by atoms with E-state index in [1.54, 1.807) is 0 Å². The largest absolute Gasteiger partial charge is 0.544 e. The second kappa shape index (κ2) is 7.97. The van der Waals surface area contributed by atoms with Gasteiger partial charge in [-0.1, -0.05) is 32.6 Å². The summed E-state index contributed by atoms with van der Waals surface area (Å²) in [4.78, 5) is 20.9. The Morgan fingerprint density at radius 3 is 2.29 bits per heavy atom. The minimum Gasteiger partial charge on any atom is -0.544 e. The number of carboxylic acid groups (broad SMARTS) is 1. The summed E-state index contributed by atoms with van der Waals surface area (Å²) in [6.45, 7) is 0.597. The lowest BCUT2D eigenvalue weighted by Crippen LogP contribution is -2.45. The molecule has 100 valence electrons. The Kier molecular flexibility index (Phi) is 7.41. The Morgan fingerprint density at radius 2 is 1.76 bits per heavy atom. The van der Waals surface area contributed by atoms with Gasteiger partial charge in [0.25, 0.3) is 0 Å². The van der Waals surface area contributed by atoms with Crippen molar-refractivity contribution in [3.63, 3.8) is 0 Å². The quantitative estimate of drug-likeness (QED) is 0.457. The Bertz CT molecular complexity index is 254. The Morgan fingerprint density at radius 1 is 1.18 bits per heavy atom. The monoisotopic (exact) mass is 251 g/mol. The third kappa shape index (κ3) is 7.65. The second-order valence-corrected chi connectivity index (χ2v) is 3.82. The van der Waals surface area contributed by atoms with E-state index >= 15 is 0 Å². The number of aliphatic carboxylic acids is 1. The van der Waals surface area contributed by atoms with Crippen LogP contribution in [0.3, 0.4) is 0 Å². The smallest absolute Gasteiger partial charge is 0.320 e. The Balaban J connectivity index is 3.63. The maximum Gasteiger partial charge on any atom is 0.320 e. The number of hydrogen-bond donors (Lipinski definition) is 0. The lowest BCUT2D eigenvalue weighted by Gasteiger charge is -2.16. The third-order valence-electron chi connectivity index (χ3n) is 2.20. The van der Waals surface area contributed by atoms with Crippen LogP contribution in [0.1, 0.15) is 45.4 Å². The summed E-state index contributed by atoms with van der Waals surface area (Å²) in [5, 5.41) is 9.91. The molecule has 0 amide bonds. The molecule has 0 aliphatic heterocycles. The number of esters is 1. The van der Waals surface area contributed by atoms with Crippen molar-refractivity contribution in [1.82, 2.24) is 0 Å². The van der Waals surface area contributed by atoms with Crippen molar-refractivity contribution in [3.8, 4) is 0 Å². The number of hydrogen-bond acceptors (Lipinski definition) is 4. The first-order valence-corrected chi connectivity index (χ1v) is 5.65. The minimum atomic E-state index is -4.11. The number of carboxylic acids is 1. The van der Waals surface area contributed by atoms with E-state index in [1.165, 1.54) is 0 Å². The summed E-state index contributed by atoms with van der Waals surface area (Å²) in [5.74, 6) is -7.45. The number of carbonyl (C=O) groups excluding carboxylic acids is 2. The van der Waals surface area contributed by atoms with E-state index in [-0.39, 0.29) is 6.42 Å². The van der Waals surface area contributed by atoms with E-state index < -0.39 is 24.5 Å². The summed E-state index contributed by atoms with van der Waals surface area (Å²) < 4.78 is 29.1. The Labute approximate surface area is 99.0 Å². The van der Waals surface area contributed by atoms with E-state index in [0.29, 0.717) is 6.42 Å². The zero-order valence-electron chi connectivity index (χ0n) is 9.84. The van der Waals surface area contributed by atoms with Gasteiger partial charge in [-0.3, -0.25) is 4.79 Å². The highest BCUT2D eigenvalue weighted by molar-refractivity contribution is 5.74. The molecule has 0 aromatic heterocycles. The van der Waals surface area contributed by atoms with Crippen LogP contribution < -0.4 is 5.11 Å². The van der Waals surface area contributed by atoms with Crippen LogP contribution in [-0.4, -0.2) is 24.5 Å². The number of unbranched alkanes of at least 4 members (excludes halogenated alkanes) is 4. The van der Waals surface area contributed by atoms with Crippen LogP contribution >= 0.6 is 0 Å². The van der Waals surface area contributed by atoms with Gasteiger partial charge in [0, 0.05) is 6.42 Å². The zero-order valence-corrected chi connectivity index (χ0v) is 9.84. The van der Waals surface area contributed by atoms with E-state index in [0.717, 1.165) is 25.7 Å². The van der Waals surface area contributed by atoms with Gasteiger partial charge in [0.1, 0.15) is 5.97 Å². The highest BCUT2D eigenvalue weighted by atomic mass is 19.3. The molecule has 0 bridgehead atoms. The SMILES string of the molecule is CCCCCCCC(=O)OCC(F)(F)C(=O)[O-]. The maximum atomic E-state index is 12.5. The van der Waals surface area contributed by atoms with Crippen LogP contribution in [0, 0.1) is 0 Å². The minimum absolute atomic E-state index is 0.0346. The molecule has 4 nitrogen and oxygen atoms in total. The second-order valence-electron chi connectivity index (χ2n) is 3.82. The molecule has 0 rings (SSSR count). The first kappa shape index (κ1) is 15.8. The molecule has 0 radical (unpaired) electrons. The fourth-order valence-electron chi connectivity index (χ4n) is 1.18. The molecule has 0 aromatic carbocycles. The lowest BCUT2D eigenvalue weighted by molar-refractivity contribution is -0.331. The molecule has 0 saturated carbocycles. The first-order valence-electron chi connectivity index (χ1n) is 5.65. The van der Waals surface area contributed by atoms with E-state index in [1.807, 2.05) is 0 Å². The molecule has 0 unspecified atom stereocenters. The molecule has 0 spiro atoms. The predicted molar refractivity (Wildman–Crippen MR) is 54.3 cm³/mol. The van der Waals surface area contributed by atoms with Gasteiger partial charge in [-0.05, 0) is 6.42 Å². The van der Waals surface area contributed by atoms with Gasteiger partial charge in [0.05, 0.1) is 0 Å². The van der Waals surface area contributed by atoms with Crippen molar-refractivity contribution in [1.29, 1.82) is 0 Å². The molecule has 0 fully saturated rings. The van der Waals surface area contributed by atoms with Crippen molar-refractivity contribution in [3.05, 3.63) is 0 Å². The summed E-state index contributed by atoms with van der Waals surface area (Å²) in [6.07, 6.45) is 4.56. The van der Waals surface area contributed by atoms with Crippen LogP contribution in [0.25, 0.3) is 0 Å². The summed E-state index contributed by atoms with van der Waals surface area (Å²) in [5.41, 5.74) is 0. The molecular weight excluding hydrogens is 234 g/mol. The number of rotatable bonds is 9. The average molecular weight is 251 g/mol. The topological polar surface area (TPSA) is 66.4 Å². The van der Waals surface area contributed by atoms with Crippen LogP contribution in [0.15, 0.2) is 0 Å². The molecule has 0 aliphatic rings. The zero-order chi connectivity index (χ0) is 13.3. The summed E-state index contributed by atoms with van der Waals surface area (Å²) in [6, 6.07) is 0. The standard InChI is InChI=1S/C11H18F2O4/c1-2-3-4-5-6-7-9(14)17-8-11(12,13)10(15)16/h2-8H2,1H3,(H,15,16)/p-1. The molecule has 6 heteroatoms. The van der Waals surface area contributed by atoms with Gasteiger partial charge < -0.3 is 14.6 Å². The summed E-state index contributed by atoms with van der Waals surface area (Å²) >= 11 is 0. The third-order valence-corrected chi connectivity index (χ3v) is 2.20. The van der Waals surface area contributed by atoms with Gasteiger partial charge in [-0.2, -0.15) is 8.78 Å². The van der Waals surface area contributed by atoms with Gasteiger partial charge in [-0.25, -0.2) is 0 Å². The van der Waals surface area contributed by atoms with Crippen molar-refractivity contribution < 1.29 is 28.2 Å². The van der Waals surface area contributed by atoms with E-state index in [4.69, 9.17) is 0 Å². The van der Waals surface area contributed by atoms with E-state index in [9.17, 15) is 23.5 Å². The van der Waals surface area contributed by atoms with Crippen molar-refractivity contribution in [2.45, 2.75) is 51.4 Å². The number of alkyl halides is 2. The van der Waals surface area contributed by atoms with Gasteiger partial charge in [-0.15, -0.1) is 0 Å². The van der Waals surface area contributed by atoms with E-state index in [2.05, 4.69) is 11.7 Å². The fraction of sp³-hybridized carbons (Fsp3) is 0.818. The maximum absolute atomic E-state index is 12.5. The number of ether oxygens (including phenoxy) is 1. The predicted octanol–water partition coefficient (Wildman–Crippen LogP) is 1.28. The lowest BCUT2D eigenvalue weighted by atomic mass is 10.1. The molecule has 0 heterocycles. The molecule has 0 aromatic rings. The molecule has 0 atom stereocenters. The molecule has 17 heavy (non-hydrogen) atoms. The van der Waals surface area contributed by atoms with Gasteiger partial charge >= 0.3 is 11.9 Å². The molecule has 0 aliphatic carbocycles. The first-order chi connectivity index (χ1) is 7.90. The van der Waals surface area contributed by atoms with Gasteiger partial charge in [0.2, 0.25) is 0 Å². The van der Waals surface area contributed by atoms with Crippen LogP contribution in [0.5, 0.6) is 0 Å². The highest BCUT2D eigenvalue weighted by Gasteiger charge is 2.32. The van der Waals surface area contributed by atoms with Crippen molar-refractivity contribution in [2.24, 2.45) is 0 Å². The Hall–Kier alpha value is -1.20. The van der Waals surface area contributed by atoms with Crippen molar-refractivity contribution >= 4 is 11.9 Å². The highest BCUT2D eigenvalue weighted by Crippen LogP contribution is 2.13. The molecular formula is C11H17F2O4-. The van der Waals surface area contributed by atoms with Crippen LogP contribution in [-0.2, 0) is 14.3 Å². The number of halogens is 2. The van der Waals surface area contributed by atoms with Crippen LogP contribution in [0.2, 0.25) is 0 Å². The normalized spacial score (nSPS) is 11.2. The molecule has 0 N–H and O–H groups in total. The summed E-state index contributed by atoms with van der Waals surface area (Å²) in [7, 11) is 0. The van der Waals surface area contributed by atoms with Crippen molar-refractivity contribution in [2.75, 3.05) is 6.61 Å². The van der Waals surface area contributed by atoms with Gasteiger partial charge in [0.15, 0.2) is 6.61 Å². The average Bonchev–Trinajstić information content (AvgIpc) is 2.26.